The largest absolute Gasteiger partial charge is 0.481 e. The Morgan fingerprint density at radius 2 is 1.83 bits per heavy atom. The summed E-state index contributed by atoms with van der Waals surface area (Å²) in [7, 11) is 0. The van der Waals surface area contributed by atoms with E-state index in [1.54, 1.807) is 23.7 Å². The predicted octanol–water partition coefficient (Wildman–Crippen LogP) is 2.19. The number of para-hydroxylation sites is 2. The Labute approximate surface area is 166 Å². The van der Waals surface area contributed by atoms with Gasteiger partial charge in [0.25, 0.3) is 11.5 Å². The van der Waals surface area contributed by atoms with Gasteiger partial charge in [0.2, 0.25) is 0 Å². The minimum absolute atomic E-state index is 0.0620. The molecule has 4 rings (SSSR count). The van der Waals surface area contributed by atoms with Crippen LogP contribution in [0, 0.1) is 0 Å². The first-order valence-electron chi connectivity index (χ1n) is 9.13. The van der Waals surface area contributed by atoms with Crippen molar-refractivity contribution in [2.45, 2.75) is 19.6 Å². The monoisotopic (exact) mass is 389 g/mol. The van der Waals surface area contributed by atoms with Gasteiger partial charge in [0, 0.05) is 0 Å². The number of nitrogens with zero attached hydrogens (tertiary/aromatic N) is 3. The number of carbonyl (C=O) groups excluding carboxylic acids is 1. The van der Waals surface area contributed by atoms with Gasteiger partial charge in [0.05, 0.1) is 18.4 Å². The van der Waals surface area contributed by atoms with Gasteiger partial charge in [-0.05, 0) is 31.2 Å². The van der Waals surface area contributed by atoms with Gasteiger partial charge in [-0.25, -0.2) is 9.67 Å². The van der Waals surface area contributed by atoms with E-state index in [2.05, 4.69) is 20.4 Å². The first kappa shape index (κ1) is 18.4. The summed E-state index contributed by atoms with van der Waals surface area (Å²) in [5.74, 6) is 0.628. The average molecular weight is 389 g/mol. The van der Waals surface area contributed by atoms with E-state index in [-0.39, 0.29) is 18.0 Å². The highest BCUT2D eigenvalue weighted by Crippen LogP contribution is 2.14. The number of fused-ring (bicyclic) bond motifs is 1. The molecule has 29 heavy (non-hydrogen) atoms. The number of aromatic amines is 1. The van der Waals surface area contributed by atoms with Crippen LogP contribution in [0.5, 0.6) is 5.75 Å². The number of hydrogen-bond acceptors (Lipinski definition) is 5. The molecule has 0 aliphatic heterocycles. The summed E-state index contributed by atoms with van der Waals surface area (Å²) in [6.07, 6.45) is 0.787. The van der Waals surface area contributed by atoms with Gasteiger partial charge in [-0.1, -0.05) is 36.4 Å². The molecule has 0 spiro atoms. The molecular weight excluding hydrogens is 370 g/mol. The summed E-state index contributed by atoms with van der Waals surface area (Å²) in [6, 6.07) is 18.5. The second-order valence-corrected chi connectivity index (χ2v) is 6.43. The fourth-order valence-electron chi connectivity index (χ4n) is 2.88. The third-order valence-corrected chi connectivity index (χ3v) is 4.34. The van der Waals surface area contributed by atoms with Crippen LogP contribution in [0.2, 0.25) is 0 Å². The van der Waals surface area contributed by atoms with Crippen LogP contribution in [-0.2, 0) is 11.3 Å². The Bertz CT molecular complexity index is 1190. The molecule has 0 fully saturated rings. The summed E-state index contributed by atoms with van der Waals surface area (Å²) in [4.78, 5) is 31.9. The minimum atomic E-state index is -0.692. The Hall–Kier alpha value is -3.94. The Morgan fingerprint density at radius 1 is 1.14 bits per heavy atom. The van der Waals surface area contributed by atoms with Crippen LogP contribution >= 0.6 is 0 Å². The zero-order chi connectivity index (χ0) is 20.2. The lowest BCUT2D eigenvalue weighted by Crippen LogP contribution is -2.36. The van der Waals surface area contributed by atoms with Gasteiger partial charge >= 0.3 is 0 Å². The third kappa shape index (κ3) is 4.01. The molecule has 0 aliphatic rings. The molecule has 8 heteroatoms. The van der Waals surface area contributed by atoms with Crippen molar-refractivity contribution in [3.05, 3.63) is 83.0 Å². The van der Waals surface area contributed by atoms with Crippen LogP contribution in [0.25, 0.3) is 16.7 Å². The molecule has 146 valence electrons. The summed E-state index contributed by atoms with van der Waals surface area (Å²) in [6.45, 7) is 1.72. The number of aromatic nitrogens is 4. The molecule has 2 N–H and O–H groups in total. The Balaban J connectivity index is 1.51. The van der Waals surface area contributed by atoms with Crippen molar-refractivity contribution in [2.24, 2.45) is 0 Å². The average Bonchev–Trinajstić information content (AvgIpc) is 3.18. The van der Waals surface area contributed by atoms with Gasteiger partial charge in [0.15, 0.2) is 11.8 Å². The molecule has 0 saturated carbocycles. The van der Waals surface area contributed by atoms with Crippen molar-refractivity contribution in [3.63, 3.8) is 0 Å². The number of nitrogens with one attached hydrogen (secondary N) is 2. The molecule has 0 bridgehead atoms. The maximum absolute atomic E-state index is 12.4. The molecular formula is C21H19N5O3. The number of rotatable bonds is 6. The van der Waals surface area contributed by atoms with E-state index in [4.69, 9.17) is 4.74 Å². The van der Waals surface area contributed by atoms with Crippen molar-refractivity contribution >= 4 is 16.9 Å². The molecule has 2 aromatic carbocycles. The van der Waals surface area contributed by atoms with E-state index in [1.165, 1.54) is 6.20 Å². The molecule has 4 aromatic rings. The van der Waals surface area contributed by atoms with Gasteiger partial charge in [-0.2, -0.15) is 5.10 Å². The topological polar surface area (TPSA) is 102 Å². The van der Waals surface area contributed by atoms with Gasteiger partial charge < -0.3 is 15.0 Å². The quantitative estimate of drug-likeness (QED) is 0.526. The summed E-state index contributed by atoms with van der Waals surface area (Å²) in [5, 5.41) is 7.38. The molecule has 2 heterocycles. The smallest absolute Gasteiger partial charge is 0.262 e. The number of hydrogen-bond donors (Lipinski definition) is 2. The molecule has 1 atom stereocenters. The van der Waals surface area contributed by atoms with Gasteiger partial charge in [-0.3, -0.25) is 9.59 Å². The number of carbonyl (C=O) groups is 1. The first-order valence-corrected chi connectivity index (χ1v) is 9.13. The van der Waals surface area contributed by atoms with Crippen molar-refractivity contribution in [1.29, 1.82) is 0 Å². The van der Waals surface area contributed by atoms with Crippen LogP contribution in [0.1, 0.15) is 12.7 Å². The highest BCUT2D eigenvalue weighted by Gasteiger charge is 2.16. The summed E-state index contributed by atoms with van der Waals surface area (Å²) < 4.78 is 7.20. The molecule has 8 nitrogen and oxygen atoms in total. The number of amides is 1. The van der Waals surface area contributed by atoms with E-state index in [0.29, 0.717) is 22.6 Å². The van der Waals surface area contributed by atoms with E-state index in [9.17, 15) is 9.59 Å². The van der Waals surface area contributed by atoms with E-state index in [1.807, 2.05) is 48.5 Å². The lowest BCUT2D eigenvalue weighted by Gasteiger charge is -2.14. The summed E-state index contributed by atoms with van der Waals surface area (Å²) >= 11 is 0. The van der Waals surface area contributed by atoms with E-state index in [0.717, 1.165) is 5.69 Å². The molecule has 0 unspecified atom stereocenters. The van der Waals surface area contributed by atoms with Gasteiger partial charge in [-0.15, -0.1) is 0 Å². The van der Waals surface area contributed by atoms with Crippen molar-refractivity contribution < 1.29 is 9.53 Å². The van der Waals surface area contributed by atoms with Crippen molar-refractivity contribution in [2.75, 3.05) is 0 Å². The first-order chi connectivity index (χ1) is 14.1. The lowest BCUT2D eigenvalue weighted by molar-refractivity contribution is -0.127. The van der Waals surface area contributed by atoms with Crippen LogP contribution in [0.3, 0.4) is 0 Å². The van der Waals surface area contributed by atoms with Crippen LogP contribution < -0.4 is 15.6 Å². The minimum Gasteiger partial charge on any atom is -0.481 e. The highest BCUT2D eigenvalue weighted by molar-refractivity contribution is 5.80. The highest BCUT2D eigenvalue weighted by atomic mass is 16.5. The Morgan fingerprint density at radius 3 is 2.55 bits per heavy atom. The number of ether oxygens (including phenoxy) is 1. The third-order valence-electron chi connectivity index (χ3n) is 4.34. The molecule has 0 saturated heterocycles. The Kier molecular flexibility index (Phi) is 5.07. The zero-order valence-electron chi connectivity index (χ0n) is 15.7. The summed E-state index contributed by atoms with van der Waals surface area (Å²) in [5.41, 5.74) is 0.910. The molecule has 2 aromatic heterocycles. The fourth-order valence-corrected chi connectivity index (χ4v) is 2.88. The standard InChI is InChI=1S/C21H19N5O3/c1-14(29-16-10-6-3-7-11-16)20(27)22-13-18-24-19-17(21(28)25-18)12-23-26(19)15-8-4-2-5-9-15/h2-12,14H,13H2,1H3,(H,22,27)(H,24,25,28)/t14-/m0/s1. The lowest BCUT2D eigenvalue weighted by atomic mass is 10.3. The zero-order valence-corrected chi connectivity index (χ0v) is 15.7. The fraction of sp³-hybridized carbons (Fsp3) is 0.143. The molecule has 1 amide bonds. The molecule has 0 radical (unpaired) electrons. The van der Waals surface area contributed by atoms with Gasteiger partial charge in [0.1, 0.15) is 17.0 Å². The van der Waals surface area contributed by atoms with Crippen molar-refractivity contribution in [1.82, 2.24) is 25.1 Å². The normalized spacial score (nSPS) is 11.9. The van der Waals surface area contributed by atoms with Crippen LogP contribution in [0.4, 0.5) is 0 Å². The number of H-pyrrole nitrogens is 1. The SMILES string of the molecule is C[C@H](Oc1ccccc1)C(=O)NCc1nc2c(cnn2-c2ccccc2)c(=O)[nH]1. The predicted molar refractivity (Wildman–Crippen MR) is 108 cm³/mol. The molecule has 0 aliphatic carbocycles. The van der Waals surface area contributed by atoms with E-state index < -0.39 is 6.10 Å². The van der Waals surface area contributed by atoms with Crippen molar-refractivity contribution in [3.8, 4) is 11.4 Å². The maximum atomic E-state index is 12.4. The number of benzene rings is 2. The van der Waals surface area contributed by atoms with Crippen LogP contribution in [0.15, 0.2) is 71.7 Å². The second kappa shape index (κ2) is 7.97. The maximum Gasteiger partial charge on any atom is 0.262 e. The second-order valence-electron chi connectivity index (χ2n) is 6.43. The van der Waals surface area contributed by atoms with Crippen LogP contribution in [-0.4, -0.2) is 31.8 Å². The van der Waals surface area contributed by atoms with E-state index >= 15 is 0 Å².